The van der Waals surface area contributed by atoms with Gasteiger partial charge in [-0.15, -0.1) is 0 Å². The zero-order valence-electron chi connectivity index (χ0n) is 15.8. The molecule has 3 rings (SSSR count). The van der Waals surface area contributed by atoms with Crippen LogP contribution in [0, 0.1) is 19.8 Å². The average molecular weight is 360 g/mol. The number of carbonyl (C=O) groups is 2. The first-order valence-corrected chi connectivity index (χ1v) is 9.30. The van der Waals surface area contributed by atoms with E-state index in [1.807, 2.05) is 25.8 Å². The van der Waals surface area contributed by atoms with Crippen LogP contribution in [0.4, 0.5) is 0 Å². The summed E-state index contributed by atoms with van der Waals surface area (Å²) < 4.78 is 1.79. The Labute approximate surface area is 154 Å². The van der Waals surface area contributed by atoms with Crippen molar-refractivity contribution in [3.63, 3.8) is 0 Å². The van der Waals surface area contributed by atoms with Crippen molar-refractivity contribution in [1.29, 1.82) is 0 Å². The van der Waals surface area contributed by atoms with Crippen LogP contribution in [0.2, 0.25) is 0 Å². The van der Waals surface area contributed by atoms with Gasteiger partial charge in [0, 0.05) is 62.9 Å². The molecular formula is C19H28N4O3. The molecule has 0 unspecified atom stereocenters. The van der Waals surface area contributed by atoms with Crippen molar-refractivity contribution in [1.82, 2.24) is 19.6 Å². The van der Waals surface area contributed by atoms with Crippen LogP contribution in [0.15, 0.2) is 6.08 Å². The number of hydrogen-bond acceptors (Lipinski definition) is 4. The molecule has 2 fully saturated rings. The van der Waals surface area contributed by atoms with Gasteiger partial charge in [0.25, 0.3) is 0 Å². The van der Waals surface area contributed by atoms with E-state index >= 15 is 0 Å². The maximum absolute atomic E-state index is 12.5. The monoisotopic (exact) mass is 360 g/mol. The van der Waals surface area contributed by atoms with E-state index in [-0.39, 0.29) is 24.3 Å². The second-order valence-corrected chi connectivity index (χ2v) is 7.40. The van der Waals surface area contributed by atoms with Crippen molar-refractivity contribution in [3.8, 4) is 0 Å². The number of aliphatic hydroxyl groups excluding tert-OH is 1. The molecule has 1 aromatic rings. The Morgan fingerprint density at radius 3 is 2.50 bits per heavy atom. The van der Waals surface area contributed by atoms with E-state index in [1.165, 1.54) is 6.08 Å². The van der Waals surface area contributed by atoms with E-state index in [2.05, 4.69) is 5.10 Å². The third-order valence-corrected chi connectivity index (χ3v) is 5.57. The second-order valence-electron chi connectivity index (χ2n) is 7.40. The first kappa shape index (κ1) is 18.6. The number of carbonyl (C=O) groups excluding carboxylic acids is 2. The molecule has 0 aliphatic carbocycles. The smallest absolute Gasteiger partial charge is 0.246 e. The van der Waals surface area contributed by atoms with Crippen LogP contribution in [0.5, 0.6) is 0 Å². The number of nitrogens with zero attached hydrogens (tertiary/aromatic N) is 4. The van der Waals surface area contributed by atoms with Gasteiger partial charge in [-0.05, 0) is 32.8 Å². The number of β-amino-alcohol motifs (C(OH)–C–C–N with tert-alkyl or cyclic N) is 1. The van der Waals surface area contributed by atoms with Crippen LogP contribution in [0.25, 0.3) is 6.08 Å². The number of aryl methyl sites for hydroxylation is 2. The molecule has 26 heavy (non-hydrogen) atoms. The lowest BCUT2D eigenvalue weighted by Crippen LogP contribution is -2.32. The molecular weight excluding hydrogens is 332 g/mol. The zero-order chi connectivity index (χ0) is 18.8. The van der Waals surface area contributed by atoms with Crippen LogP contribution in [-0.2, 0) is 16.6 Å². The van der Waals surface area contributed by atoms with E-state index in [0.29, 0.717) is 13.0 Å². The first-order valence-electron chi connectivity index (χ1n) is 9.30. The van der Waals surface area contributed by atoms with Crippen molar-refractivity contribution in [2.75, 3.05) is 26.2 Å². The van der Waals surface area contributed by atoms with E-state index < -0.39 is 6.10 Å². The predicted octanol–water partition coefficient (Wildman–Crippen LogP) is 0.882. The van der Waals surface area contributed by atoms with Gasteiger partial charge in [0.15, 0.2) is 0 Å². The van der Waals surface area contributed by atoms with Crippen molar-refractivity contribution >= 4 is 17.9 Å². The molecule has 0 bridgehead atoms. The van der Waals surface area contributed by atoms with E-state index in [0.717, 1.165) is 42.9 Å². The Kier molecular flexibility index (Phi) is 5.46. The number of aliphatic hydroxyl groups is 1. The number of likely N-dealkylation sites (tertiary alicyclic amines) is 2. The molecule has 2 aliphatic heterocycles. The van der Waals surface area contributed by atoms with Crippen molar-refractivity contribution in [2.45, 2.75) is 39.2 Å². The Balaban J connectivity index is 1.59. The topological polar surface area (TPSA) is 78.7 Å². The van der Waals surface area contributed by atoms with Gasteiger partial charge in [-0.2, -0.15) is 5.10 Å². The molecule has 3 heterocycles. The SMILES string of the molecule is Cc1nn(C)c(C)c1/C=C/C(=O)N1C[C@H](CC(=O)N2CCCC2)[C@@H](O)C1. The highest BCUT2D eigenvalue weighted by molar-refractivity contribution is 5.92. The Morgan fingerprint density at radius 1 is 1.19 bits per heavy atom. The van der Waals surface area contributed by atoms with Gasteiger partial charge in [-0.1, -0.05) is 0 Å². The maximum Gasteiger partial charge on any atom is 0.246 e. The van der Waals surface area contributed by atoms with Gasteiger partial charge in [-0.3, -0.25) is 14.3 Å². The van der Waals surface area contributed by atoms with Gasteiger partial charge >= 0.3 is 0 Å². The Morgan fingerprint density at radius 2 is 1.88 bits per heavy atom. The van der Waals surface area contributed by atoms with Gasteiger partial charge < -0.3 is 14.9 Å². The molecule has 7 heteroatoms. The van der Waals surface area contributed by atoms with Gasteiger partial charge in [0.05, 0.1) is 11.8 Å². The van der Waals surface area contributed by atoms with Crippen LogP contribution in [-0.4, -0.2) is 68.8 Å². The molecule has 142 valence electrons. The lowest BCUT2D eigenvalue weighted by molar-refractivity contribution is -0.132. The molecule has 2 saturated heterocycles. The molecule has 2 aliphatic rings. The minimum atomic E-state index is -0.638. The highest BCUT2D eigenvalue weighted by atomic mass is 16.3. The van der Waals surface area contributed by atoms with Crippen LogP contribution >= 0.6 is 0 Å². The molecule has 2 amide bonds. The van der Waals surface area contributed by atoms with E-state index in [1.54, 1.807) is 15.7 Å². The fraction of sp³-hybridized carbons (Fsp3) is 0.632. The Bertz CT molecular complexity index is 719. The van der Waals surface area contributed by atoms with Crippen LogP contribution in [0.3, 0.4) is 0 Å². The summed E-state index contributed by atoms with van der Waals surface area (Å²) in [7, 11) is 1.88. The lowest BCUT2D eigenvalue weighted by Gasteiger charge is -2.19. The third-order valence-electron chi connectivity index (χ3n) is 5.57. The molecule has 7 nitrogen and oxygen atoms in total. The first-order chi connectivity index (χ1) is 12.4. The quantitative estimate of drug-likeness (QED) is 0.809. The predicted molar refractivity (Wildman–Crippen MR) is 98.2 cm³/mol. The summed E-state index contributed by atoms with van der Waals surface area (Å²) in [6.45, 7) is 6.22. The molecule has 0 spiro atoms. The van der Waals surface area contributed by atoms with Crippen molar-refractivity contribution in [2.24, 2.45) is 13.0 Å². The fourth-order valence-corrected chi connectivity index (χ4v) is 3.85. The lowest BCUT2D eigenvalue weighted by atomic mass is 10.0. The fourth-order valence-electron chi connectivity index (χ4n) is 3.85. The Hall–Kier alpha value is -2.15. The van der Waals surface area contributed by atoms with Gasteiger partial charge in [0.1, 0.15) is 0 Å². The second kappa shape index (κ2) is 7.61. The summed E-state index contributed by atoms with van der Waals surface area (Å²) in [6.07, 6.45) is 5.11. The van der Waals surface area contributed by atoms with Crippen molar-refractivity contribution in [3.05, 3.63) is 23.0 Å². The minimum Gasteiger partial charge on any atom is -0.391 e. The highest BCUT2D eigenvalue weighted by Gasteiger charge is 2.35. The third kappa shape index (κ3) is 3.82. The summed E-state index contributed by atoms with van der Waals surface area (Å²) in [5.41, 5.74) is 2.83. The summed E-state index contributed by atoms with van der Waals surface area (Å²) >= 11 is 0. The number of rotatable bonds is 4. The largest absolute Gasteiger partial charge is 0.391 e. The molecule has 0 saturated carbocycles. The minimum absolute atomic E-state index is 0.0954. The van der Waals surface area contributed by atoms with Gasteiger partial charge in [-0.25, -0.2) is 0 Å². The number of hydrogen-bond donors (Lipinski definition) is 1. The standard InChI is InChI=1S/C19H28N4O3/c1-13-16(14(2)21(3)20-13)6-7-18(25)23-11-15(17(24)12-23)10-19(26)22-8-4-5-9-22/h6-7,15,17,24H,4-5,8-12H2,1-3H3/b7-6+/t15-,17-/m0/s1. The molecule has 1 N–H and O–H groups in total. The van der Waals surface area contributed by atoms with Crippen LogP contribution in [0.1, 0.15) is 36.2 Å². The van der Waals surface area contributed by atoms with E-state index in [9.17, 15) is 14.7 Å². The summed E-state index contributed by atoms with van der Waals surface area (Å²) in [4.78, 5) is 28.3. The number of amides is 2. The molecule has 0 radical (unpaired) electrons. The molecule has 2 atom stereocenters. The van der Waals surface area contributed by atoms with E-state index in [4.69, 9.17) is 0 Å². The van der Waals surface area contributed by atoms with Crippen LogP contribution < -0.4 is 0 Å². The maximum atomic E-state index is 12.5. The highest BCUT2D eigenvalue weighted by Crippen LogP contribution is 2.23. The summed E-state index contributed by atoms with van der Waals surface area (Å²) in [5, 5.41) is 14.6. The summed E-state index contributed by atoms with van der Waals surface area (Å²) in [6, 6.07) is 0. The van der Waals surface area contributed by atoms with Crippen molar-refractivity contribution < 1.29 is 14.7 Å². The zero-order valence-corrected chi connectivity index (χ0v) is 15.8. The molecule has 0 aromatic carbocycles. The summed E-state index contributed by atoms with van der Waals surface area (Å²) in [5.74, 6) is -0.219. The number of aromatic nitrogens is 2. The average Bonchev–Trinajstić information content (AvgIpc) is 3.29. The normalized spacial score (nSPS) is 23.4. The molecule has 1 aromatic heterocycles. The van der Waals surface area contributed by atoms with Gasteiger partial charge in [0.2, 0.25) is 11.8 Å².